The quantitative estimate of drug-likeness (QED) is 0.273. The van der Waals surface area contributed by atoms with Crippen LogP contribution in [0.15, 0.2) is 133 Å². The number of nitrogens with one attached hydrogen (secondary N) is 1. The van der Waals surface area contributed by atoms with E-state index in [1.807, 2.05) is 91.9 Å². The molecular weight excluding hydrogens is 502 g/mol. The van der Waals surface area contributed by atoms with Gasteiger partial charge < -0.3 is 14.5 Å². The Labute approximate surface area is 231 Å². The lowest BCUT2D eigenvalue weighted by Gasteiger charge is -2.16. The second-order valence-corrected chi connectivity index (χ2v) is 10.4. The van der Waals surface area contributed by atoms with Crippen LogP contribution in [0.2, 0.25) is 0 Å². The highest BCUT2D eigenvalue weighted by atomic mass is 32.2. The van der Waals surface area contributed by atoms with Crippen LogP contribution in [-0.2, 0) is 11.3 Å². The summed E-state index contributed by atoms with van der Waals surface area (Å²) in [5, 5.41) is 15.1. The van der Waals surface area contributed by atoms with E-state index in [4.69, 9.17) is 14.1 Å². The number of nitriles is 1. The summed E-state index contributed by atoms with van der Waals surface area (Å²) in [4.78, 5) is 5.84. The molecule has 6 rings (SSSR count). The molecule has 0 atom stereocenters. The Morgan fingerprint density at radius 3 is 2.64 bits per heavy atom. The number of allylic oxidation sites excluding steroid dienone is 5. The summed E-state index contributed by atoms with van der Waals surface area (Å²) in [6.45, 7) is 4.55. The number of aryl methyl sites for hydroxylation is 1. The standard InChI is InChI=1S/C33H25N3O2S/c1-21-14-26(38-31-17-25(12-13-28(21)31)35-20-23-8-4-3-5-9-23)18-27-16-24(15-22(2)37-27)29(19-34)33-36-30-10-6-7-11-32(30)39-33/h3-18,36H,20H2,1-2H3/b27-18-,33-29+,35-25?. The first-order chi connectivity index (χ1) is 19.1. The van der Waals surface area contributed by atoms with Gasteiger partial charge in [0.05, 0.1) is 28.2 Å². The van der Waals surface area contributed by atoms with Gasteiger partial charge in [-0.05, 0) is 67.5 Å². The summed E-state index contributed by atoms with van der Waals surface area (Å²) in [5.74, 6) is 2.72. The number of benzene rings is 3. The molecule has 0 radical (unpaired) electrons. The minimum Gasteiger partial charge on any atom is -0.462 e. The summed E-state index contributed by atoms with van der Waals surface area (Å²) >= 11 is 1.56. The highest BCUT2D eigenvalue weighted by Crippen LogP contribution is 2.43. The van der Waals surface area contributed by atoms with Gasteiger partial charge in [0.2, 0.25) is 0 Å². The third kappa shape index (κ3) is 5.31. The maximum absolute atomic E-state index is 10.1. The van der Waals surface area contributed by atoms with E-state index in [1.165, 1.54) is 0 Å². The molecule has 0 unspecified atom stereocenters. The number of para-hydroxylation sites is 1. The van der Waals surface area contributed by atoms with Gasteiger partial charge in [0, 0.05) is 28.2 Å². The number of rotatable bonds is 4. The van der Waals surface area contributed by atoms with Crippen LogP contribution < -0.4 is 10.7 Å². The van der Waals surface area contributed by atoms with E-state index in [0.717, 1.165) is 49.0 Å². The summed E-state index contributed by atoms with van der Waals surface area (Å²) < 4.78 is 12.3. The molecule has 5 nitrogen and oxygen atoms in total. The van der Waals surface area contributed by atoms with Crippen molar-refractivity contribution in [2.45, 2.75) is 25.3 Å². The normalized spacial score (nSPS) is 17.2. The predicted octanol–water partition coefficient (Wildman–Crippen LogP) is 7.95. The number of nitrogens with zero attached hydrogens (tertiary/aromatic N) is 2. The Kier molecular flexibility index (Phi) is 6.66. The van der Waals surface area contributed by atoms with Crippen molar-refractivity contribution in [1.29, 1.82) is 5.26 Å². The van der Waals surface area contributed by atoms with Crippen LogP contribution in [-0.4, -0.2) is 0 Å². The molecule has 1 N–H and O–H groups in total. The van der Waals surface area contributed by atoms with Crippen molar-refractivity contribution < 1.29 is 9.15 Å². The van der Waals surface area contributed by atoms with Gasteiger partial charge in [0.1, 0.15) is 29.1 Å². The number of fused-ring (bicyclic) bond motifs is 2. The first kappa shape index (κ1) is 24.6. The fourth-order valence-corrected chi connectivity index (χ4v) is 5.62. The zero-order valence-corrected chi connectivity index (χ0v) is 22.4. The highest BCUT2D eigenvalue weighted by molar-refractivity contribution is 8.03. The van der Waals surface area contributed by atoms with E-state index in [-0.39, 0.29) is 0 Å². The third-order valence-electron chi connectivity index (χ3n) is 6.46. The van der Waals surface area contributed by atoms with Crippen molar-refractivity contribution in [3.8, 4) is 17.4 Å². The minimum atomic E-state index is 0.570. The van der Waals surface area contributed by atoms with Crippen molar-refractivity contribution >= 4 is 23.5 Å². The average Bonchev–Trinajstić information content (AvgIpc) is 3.36. The molecule has 3 aliphatic heterocycles. The first-order valence-corrected chi connectivity index (χ1v) is 13.4. The van der Waals surface area contributed by atoms with Crippen LogP contribution in [0.1, 0.15) is 23.8 Å². The van der Waals surface area contributed by atoms with Crippen LogP contribution in [0.4, 0.5) is 5.69 Å². The van der Waals surface area contributed by atoms with Gasteiger partial charge in [0.15, 0.2) is 0 Å². The Balaban J connectivity index is 1.34. The molecule has 0 bridgehead atoms. The largest absolute Gasteiger partial charge is 0.462 e. The van der Waals surface area contributed by atoms with Gasteiger partial charge in [-0.15, -0.1) is 0 Å². The Hall–Kier alpha value is -4.73. The Bertz CT molecular complexity index is 1760. The van der Waals surface area contributed by atoms with Gasteiger partial charge in [-0.3, -0.25) is 4.99 Å². The summed E-state index contributed by atoms with van der Waals surface area (Å²) in [5.41, 5.74) is 5.65. The molecule has 0 aromatic heterocycles. The van der Waals surface area contributed by atoms with Gasteiger partial charge in [0.25, 0.3) is 0 Å². The summed E-state index contributed by atoms with van der Waals surface area (Å²) in [6, 6.07) is 28.6. The van der Waals surface area contributed by atoms with Crippen molar-refractivity contribution in [2.24, 2.45) is 4.99 Å². The lowest BCUT2D eigenvalue weighted by Crippen LogP contribution is -2.04. The lowest BCUT2D eigenvalue weighted by atomic mass is 10.0. The van der Waals surface area contributed by atoms with Gasteiger partial charge >= 0.3 is 0 Å². The number of ether oxygens (including phenoxy) is 1. The fraction of sp³-hybridized carbons (Fsp3) is 0.0909. The van der Waals surface area contributed by atoms with Crippen LogP contribution in [0.3, 0.4) is 0 Å². The van der Waals surface area contributed by atoms with Crippen LogP contribution in [0.5, 0.6) is 0 Å². The van der Waals surface area contributed by atoms with Crippen LogP contribution >= 0.6 is 11.8 Å². The van der Waals surface area contributed by atoms with Crippen molar-refractivity contribution in [3.63, 3.8) is 0 Å². The predicted molar refractivity (Wildman–Crippen MR) is 155 cm³/mol. The lowest BCUT2D eigenvalue weighted by molar-refractivity contribution is 0.320. The van der Waals surface area contributed by atoms with E-state index >= 15 is 0 Å². The molecule has 0 saturated carbocycles. The van der Waals surface area contributed by atoms with Gasteiger partial charge in [-0.25, -0.2) is 0 Å². The molecule has 1 aliphatic carbocycles. The molecule has 6 heteroatoms. The van der Waals surface area contributed by atoms with Crippen molar-refractivity contribution in [3.05, 3.63) is 141 Å². The van der Waals surface area contributed by atoms with E-state index < -0.39 is 0 Å². The van der Waals surface area contributed by atoms with Gasteiger partial charge in [-0.1, -0.05) is 54.2 Å². The zero-order valence-electron chi connectivity index (χ0n) is 21.6. The molecule has 2 aromatic carbocycles. The molecule has 190 valence electrons. The Morgan fingerprint density at radius 2 is 1.82 bits per heavy atom. The maximum Gasteiger partial charge on any atom is 0.137 e. The molecular formula is C33H25N3O2S. The minimum absolute atomic E-state index is 0.570. The number of thioether (sulfide) groups is 1. The second-order valence-electron chi connectivity index (χ2n) is 9.36. The molecule has 0 fully saturated rings. The van der Waals surface area contributed by atoms with Crippen molar-refractivity contribution in [1.82, 2.24) is 0 Å². The Morgan fingerprint density at radius 1 is 1.00 bits per heavy atom. The third-order valence-corrected chi connectivity index (χ3v) is 7.54. The SMILES string of the molecule is CC1=CC(C(/C#N)=C2\Nc3ccccc3S2)=C/C(=C/c2cc(C)c3ccc(=NCc4ccccc4)cc-3o2)O1. The average molecular weight is 528 g/mol. The van der Waals surface area contributed by atoms with Crippen LogP contribution in [0.25, 0.3) is 17.4 Å². The zero-order chi connectivity index (χ0) is 26.8. The topological polar surface area (TPSA) is 70.5 Å². The number of anilines is 1. The summed E-state index contributed by atoms with van der Waals surface area (Å²) in [7, 11) is 0. The fourth-order valence-electron chi connectivity index (χ4n) is 4.60. The van der Waals surface area contributed by atoms with E-state index in [9.17, 15) is 5.26 Å². The molecule has 2 aromatic rings. The monoisotopic (exact) mass is 527 g/mol. The maximum atomic E-state index is 10.1. The smallest absolute Gasteiger partial charge is 0.137 e. The molecule has 0 saturated heterocycles. The van der Waals surface area contributed by atoms with E-state index in [0.29, 0.717) is 29.4 Å². The molecule has 0 spiro atoms. The molecule has 3 heterocycles. The van der Waals surface area contributed by atoms with Crippen LogP contribution in [0, 0.1) is 18.3 Å². The number of hydrogen-bond acceptors (Lipinski definition) is 6. The van der Waals surface area contributed by atoms with E-state index in [2.05, 4.69) is 30.4 Å². The number of hydrogen-bond donors (Lipinski definition) is 1. The van der Waals surface area contributed by atoms with Crippen molar-refractivity contribution in [2.75, 3.05) is 5.32 Å². The molecule has 4 aliphatic rings. The highest BCUT2D eigenvalue weighted by Gasteiger charge is 2.22. The second kappa shape index (κ2) is 10.6. The molecule has 0 amide bonds. The first-order valence-electron chi connectivity index (χ1n) is 12.6. The van der Waals surface area contributed by atoms with E-state index in [1.54, 1.807) is 11.8 Å². The van der Waals surface area contributed by atoms with Gasteiger partial charge in [-0.2, -0.15) is 5.26 Å². The molecule has 39 heavy (non-hydrogen) atoms. The summed E-state index contributed by atoms with van der Waals surface area (Å²) in [6.07, 6.45) is 5.63.